The molecule has 0 atom stereocenters. The van der Waals surface area contributed by atoms with E-state index < -0.39 is 0 Å². The van der Waals surface area contributed by atoms with Gasteiger partial charge in [0.1, 0.15) is 22.3 Å². The fraction of sp³-hybridized carbons (Fsp3) is 0. The summed E-state index contributed by atoms with van der Waals surface area (Å²) in [6, 6.07) is 97.9. The topological polar surface area (TPSA) is 26.3 Å². The van der Waals surface area contributed by atoms with Crippen molar-refractivity contribution in [1.29, 1.82) is 0 Å². The van der Waals surface area contributed by atoms with Gasteiger partial charge in [0.25, 0.3) is 0 Å². The first-order valence-electron chi connectivity index (χ1n) is 27.0. The van der Waals surface area contributed by atoms with Crippen LogP contribution in [0.1, 0.15) is 0 Å². The number of furan rings is 2. The van der Waals surface area contributed by atoms with Gasteiger partial charge in [-0.2, -0.15) is 0 Å². The average molecular weight is 1020 g/mol. The molecule has 2 nitrogen and oxygen atoms in total. The van der Waals surface area contributed by atoms with Crippen LogP contribution in [0.2, 0.25) is 0 Å². The molecule has 0 fully saturated rings. The van der Waals surface area contributed by atoms with Crippen LogP contribution in [0, 0.1) is 0 Å². The molecule has 14 aromatic carbocycles. The van der Waals surface area contributed by atoms with E-state index in [2.05, 4.69) is 267 Å². The number of hydrogen-bond donors (Lipinski definition) is 0. The second-order valence-corrected chi connectivity index (χ2v) is 22.1. The Morgan fingerprint density at radius 1 is 0.177 bits per heavy atom. The van der Waals surface area contributed by atoms with Crippen molar-refractivity contribution in [3.63, 3.8) is 0 Å². The van der Waals surface area contributed by atoms with Gasteiger partial charge in [-0.05, 0) is 177 Å². The summed E-state index contributed by atoms with van der Waals surface area (Å²) < 4.78 is 15.5. The monoisotopic (exact) mass is 1020 g/mol. The van der Waals surface area contributed by atoms with Gasteiger partial charge in [0.05, 0.1) is 0 Å². The Labute approximate surface area is 458 Å². The van der Waals surface area contributed by atoms with Gasteiger partial charge in [0.15, 0.2) is 0 Å². The summed E-state index contributed by atoms with van der Waals surface area (Å²) in [6.45, 7) is 0. The molecule has 3 heterocycles. The van der Waals surface area contributed by atoms with Crippen molar-refractivity contribution < 1.29 is 8.83 Å². The molecule has 17 rings (SSSR count). The first-order chi connectivity index (χ1) is 39.1. The van der Waals surface area contributed by atoms with Gasteiger partial charge in [-0.25, -0.2) is 0 Å². The first-order valence-corrected chi connectivity index (χ1v) is 27.9. The Hall–Kier alpha value is -10.1. The van der Waals surface area contributed by atoms with Crippen molar-refractivity contribution in [3.05, 3.63) is 267 Å². The lowest BCUT2D eigenvalue weighted by atomic mass is 9.85. The van der Waals surface area contributed by atoms with Crippen LogP contribution in [0.4, 0.5) is 0 Å². The van der Waals surface area contributed by atoms with Crippen molar-refractivity contribution in [2.45, 2.75) is 0 Å². The fourth-order valence-corrected chi connectivity index (χ4v) is 14.2. The largest absolute Gasteiger partial charge is 0.456 e. The zero-order valence-electron chi connectivity index (χ0n) is 42.6. The minimum atomic E-state index is 0.893. The Morgan fingerprint density at radius 3 is 0.848 bits per heavy atom. The highest BCUT2D eigenvalue weighted by atomic mass is 32.1. The van der Waals surface area contributed by atoms with Gasteiger partial charge < -0.3 is 8.83 Å². The zero-order valence-corrected chi connectivity index (χ0v) is 43.4. The van der Waals surface area contributed by atoms with Crippen molar-refractivity contribution in [2.75, 3.05) is 0 Å². The summed E-state index contributed by atoms with van der Waals surface area (Å²) in [5.41, 5.74) is 18.1. The Balaban J connectivity index is 0.794. The van der Waals surface area contributed by atoms with E-state index >= 15 is 0 Å². The van der Waals surface area contributed by atoms with Gasteiger partial charge in [0, 0.05) is 41.7 Å². The maximum absolute atomic E-state index is 6.46. The lowest BCUT2D eigenvalue weighted by molar-refractivity contribution is 0.668. The average Bonchev–Trinajstić information content (AvgIpc) is 4.38. The van der Waals surface area contributed by atoms with Crippen LogP contribution in [0.15, 0.2) is 276 Å². The molecule has 0 bridgehead atoms. The van der Waals surface area contributed by atoms with E-state index in [1.54, 1.807) is 0 Å². The van der Waals surface area contributed by atoms with Crippen LogP contribution in [0.3, 0.4) is 0 Å². The maximum Gasteiger partial charge on any atom is 0.135 e. The van der Waals surface area contributed by atoms with Gasteiger partial charge >= 0.3 is 0 Å². The van der Waals surface area contributed by atoms with E-state index in [1.165, 1.54) is 130 Å². The van der Waals surface area contributed by atoms with E-state index in [0.717, 1.165) is 43.9 Å². The van der Waals surface area contributed by atoms with E-state index in [9.17, 15) is 0 Å². The standard InChI is InChI=1S/C76H44O2S/c1-3-15-45(16-4-1)47-28-34-67-62(39-47)64-41-49(30-36-69(64)77-67)73-54-19-7-9-21-56(54)75(57-22-10-8-20-55(57)73)51-32-38-71-66(43-51)53-33-27-52(44-72(53)79-71)76-60-25-13-11-23-58(60)74(59-24-12-14-26-61(59)76)50-31-37-70-65(42-50)63-40-48(29-35-68(63)78-70)46-17-5-2-6-18-46/h1-44H. The zero-order chi connectivity index (χ0) is 51.7. The SMILES string of the molecule is c1ccc(-c2ccc3oc4ccc(-c5c6ccccc6c(-c6ccc7c(c6)sc6ccc(-c8c9ccccc9c(-c9ccc%10oc%11ccc(-c%12ccccc%12)cc%11c%10c9)c9ccccc89)cc67)c6ccccc56)cc4c3c2)cc1. The molecule has 0 spiro atoms. The predicted molar refractivity (Wildman–Crippen MR) is 337 cm³/mol. The summed E-state index contributed by atoms with van der Waals surface area (Å²) in [4.78, 5) is 0. The molecule has 0 aliphatic heterocycles. The van der Waals surface area contributed by atoms with Crippen molar-refractivity contribution in [2.24, 2.45) is 0 Å². The van der Waals surface area contributed by atoms with Crippen molar-refractivity contribution >= 4 is 118 Å². The third-order valence-corrected chi connectivity index (χ3v) is 17.8. The minimum Gasteiger partial charge on any atom is -0.456 e. The molecule has 0 saturated carbocycles. The summed E-state index contributed by atoms with van der Waals surface area (Å²) in [5.74, 6) is 0. The van der Waals surface area contributed by atoms with E-state index in [1.807, 2.05) is 11.3 Å². The Morgan fingerprint density at radius 2 is 0.468 bits per heavy atom. The van der Waals surface area contributed by atoms with Crippen LogP contribution in [0.25, 0.3) is 174 Å². The van der Waals surface area contributed by atoms with Crippen LogP contribution in [-0.4, -0.2) is 0 Å². The highest BCUT2D eigenvalue weighted by molar-refractivity contribution is 7.25. The van der Waals surface area contributed by atoms with Gasteiger partial charge in [-0.1, -0.05) is 200 Å². The minimum absolute atomic E-state index is 0.893. The summed E-state index contributed by atoms with van der Waals surface area (Å²) in [6.07, 6.45) is 0. The Bertz CT molecular complexity index is 5250. The molecule has 366 valence electrons. The van der Waals surface area contributed by atoms with E-state index in [-0.39, 0.29) is 0 Å². The molecule has 0 unspecified atom stereocenters. The van der Waals surface area contributed by atoms with Gasteiger partial charge in [0.2, 0.25) is 0 Å². The summed E-state index contributed by atoms with van der Waals surface area (Å²) in [5, 5.41) is 16.9. The second kappa shape index (κ2) is 17.2. The summed E-state index contributed by atoms with van der Waals surface area (Å²) in [7, 11) is 0. The van der Waals surface area contributed by atoms with Crippen molar-refractivity contribution in [1.82, 2.24) is 0 Å². The molecule has 3 aromatic heterocycles. The number of benzene rings is 14. The Kier molecular flexibility index (Phi) is 9.62. The molecule has 0 radical (unpaired) electrons. The molecule has 0 aliphatic rings. The second-order valence-electron chi connectivity index (χ2n) is 21.0. The number of hydrogen-bond acceptors (Lipinski definition) is 3. The van der Waals surface area contributed by atoms with Gasteiger partial charge in [-0.15, -0.1) is 11.3 Å². The van der Waals surface area contributed by atoms with Crippen LogP contribution in [0.5, 0.6) is 0 Å². The molecule has 79 heavy (non-hydrogen) atoms. The predicted octanol–water partition coefficient (Wildman–Crippen LogP) is 22.5. The third-order valence-electron chi connectivity index (χ3n) is 16.6. The summed E-state index contributed by atoms with van der Waals surface area (Å²) >= 11 is 1.88. The smallest absolute Gasteiger partial charge is 0.135 e. The molecule has 0 aliphatic carbocycles. The number of rotatable bonds is 6. The fourth-order valence-electron chi connectivity index (χ4n) is 13.1. The molecule has 3 heteroatoms. The molecule has 0 saturated heterocycles. The normalized spacial score (nSPS) is 12.1. The molecular formula is C76H44O2S. The highest BCUT2D eigenvalue weighted by Gasteiger charge is 2.22. The number of thiophene rings is 1. The van der Waals surface area contributed by atoms with Crippen molar-refractivity contribution in [3.8, 4) is 66.8 Å². The lowest BCUT2D eigenvalue weighted by Crippen LogP contribution is -1.91. The number of fused-ring (bicyclic) bond motifs is 13. The molecule has 0 N–H and O–H groups in total. The lowest BCUT2D eigenvalue weighted by Gasteiger charge is -2.18. The molecule has 0 amide bonds. The highest BCUT2D eigenvalue weighted by Crippen LogP contribution is 2.49. The molecule has 17 aromatic rings. The molecular weight excluding hydrogens is 977 g/mol. The van der Waals surface area contributed by atoms with Crippen LogP contribution in [-0.2, 0) is 0 Å². The van der Waals surface area contributed by atoms with Crippen LogP contribution < -0.4 is 0 Å². The van der Waals surface area contributed by atoms with E-state index in [0.29, 0.717) is 0 Å². The van der Waals surface area contributed by atoms with E-state index in [4.69, 9.17) is 8.83 Å². The quantitative estimate of drug-likeness (QED) is 0.155. The first kappa shape index (κ1) is 44.1. The third kappa shape index (κ3) is 6.83. The van der Waals surface area contributed by atoms with Gasteiger partial charge in [-0.3, -0.25) is 0 Å². The van der Waals surface area contributed by atoms with Crippen LogP contribution >= 0.6 is 11.3 Å². The maximum atomic E-state index is 6.46.